The average Bonchev–Trinajstić information content (AvgIpc) is 2.61. The van der Waals surface area contributed by atoms with E-state index in [0.717, 1.165) is 5.69 Å². The predicted octanol–water partition coefficient (Wildman–Crippen LogP) is 3.32. The minimum absolute atomic E-state index is 0.125. The number of non-ortho nitro benzene ring substituents is 1. The highest BCUT2D eigenvalue weighted by Gasteiger charge is 2.18. The summed E-state index contributed by atoms with van der Waals surface area (Å²) in [5.74, 6) is -0.138. The molecule has 0 unspecified atom stereocenters. The van der Waals surface area contributed by atoms with Gasteiger partial charge in [0.2, 0.25) is 0 Å². The number of hydrogen-bond acceptors (Lipinski definition) is 6. The van der Waals surface area contributed by atoms with Gasteiger partial charge in [-0.15, -0.1) is 0 Å². The number of phenols is 1. The van der Waals surface area contributed by atoms with Gasteiger partial charge >= 0.3 is 0 Å². The third-order valence-corrected chi connectivity index (χ3v) is 3.57. The minimum atomic E-state index is -0.498. The lowest BCUT2D eigenvalue weighted by Gasteiger charge is -2.12. The van der Waals surface area contributed by atoms with Crippen LogP contribution in [0, 0.1) is 10.1 Å². The Balaban J connectivity index is 2.05. The first-order valence-corrected chi connectivity index (χ1v) is 7.16. The van der Waals surface area contributed by atoms with E-state index in [-0.39, 0.29) is 27.9 Å². The molecule has 1 N–H and O–H groups in total. The molecule has 0 aliphatic rings. The lowest BCUT2D eigenvalue weighted by atomic mass is 10.1. The van der Waals surface area contributed by atoms with Crippen LogP contribution in [0.5, 0.6) is 5.75 Å². The van der Waals surface area contributed by atoms with Crippen LogP contribution >= 0.6 is 0 Å². The van der Waals surface area contributed by atoms with E-state index in [9.17, 15) is 15.2 Å². The van der Waals surface area contributed by atoms with Crippen molar-refractivity contribution in [1.29, 1.82) is 0 Å². The van der Waals surface area contributed by atoms with E-state index in [1.54, 1.807) is 24.2 Å². The van der Waals surface area contributed by atoms with Gasteiger partial charge in [0, 0.05) is 24.9 Å². The number of pyridine rings is 1. The van der Waals surface area contributed by atoms with Gasteiger partial charge in [0.25, 0.3) is 5.69 Å². The minimum Gasteiger partial charge on any atom is -0.505 e. The number of aromatic hydroxyl groups is 1. The molecule has 120 valence electrons. The molecule has 0 saturated carbocycles. The van der Waals surface area contributed by atoms with Crippen molar-refractivity contribution < 1.29 is 10.0 Å². The number of hydrogen-bond donors (Lipinski definition) is 1. The molecule has 3 rings (SSSR count). The molecule has 2 aromatic carbocycles. The van der Waals surface area contributed by atoms with E-state index in [0.29, 0.717) is 0 Å². The molecule has 7 nitrogen and oxygen atoms in total. The van der Waals surface area contributed by atoms with Crippen LogP contribution in [0.15, 0.2) is 59.8 Å². The fraction of sp³-hybridized carbons (Fsp3) is 0.0588. The summed E-state index contributed by atoms with van der Waals surface area (Å²) in [5.41, 5.74) is 1.13. The van der Waals surface area contributed by atoms with Crippen LogP contribution in [0.3, 0.4) is 0 Å². The Morgan fingerprint density at radius 3 is 2.71 bits per heavy atom. The van der Waals surface area contributed by atoms with Gasteiger partial charge in [-0.1, -0.05) is 18.2 Å². The van der Waals surface area contributed by atoms with Crippen molar-refractivity contribution in [3.05, 3.63) is 70.4 Å². The smallest absolute Gasteiger partial charge is 0.279 e. The second-order valence-electron chi connectivity index (χ2n) is 5.09. The quantitative estimate of drug-likeness (QED) is 0.452. The average molecular weight is 322 g/mol. The number of nitro groups is 1. The Morgan fingerprint density at radius 2 is 2.00 bits per heavy atom. The Kier molecular flexibility index (Phi) is 4.07. The highest BCUT2D eigenvalue weighted by atomic mass is 16.6. The van der Waals surface area contributed by atoms with Gasteiger partial charge in [0.15, 0.2) is 5.75 Å². The number of phenolic OH excluding ortho intramolecular Hbond substituents is 1. The van der Waals surface area contributed by atoms with Crippen molar-refractivity contribution in [1.82, 2.24) is 4.98 Å². The number of benzene rings is 2. The fourth-order valence-corrected chi connectivity index (χ4v) is 2.34. The van der Waals surface area contributed by atoms with Gasteiger partial charge in [-0.25, -0.2) is 0 Å². The van der Waals surface area contributed by atoms with E-state index >= 15 is 0 Å². The van der Waals surface area contributed by atoms with Crippen molar-refractivity contribution in [3.63, 3.8) is 0 Å². The summed E-state index contributed by atoms with van der Waals surface area (Å²) in [6.07, 6.45) is 2.85. The van der Waals surface area contributed by atoms with Gasteiger partial charge in [-0.3, -0.25) is 20.1 Å². The maximum atomic E-state index is 11.3. The van der Waals surface area contributed by atoms with Crippen molar-refractivity contribution in [2.75, 3.05) is 12.1 Å². The maximum Gasteiger partial charge on any atom is 0.279 e. The summed E-state index contributed by atoms with van der Waals surface area (Å²) in [6.45, 7) is 0. The summed E-state index contributed by atoms with van der Waals surface area (Å²) >= 11 is 0. The Labute approximate surface area is 137 Å². The van der Waals surface area contributed by atoms with Gasteiger partial charge in [0.05, 0.1) is 22.2 Å². The molecule has 1 heterocycles. The van der Waals surface area contributed by atoms with Gasteiger partial charge in [0.1, 0.15) is 5.52 Å². The molecular weight excluding hydrogens is 308 g/mol. The van der Waals surface area contributed by atoms with Crippen LogP contribution in [0.1, 0.15) is 5.56 Å². The fourth-order valence-electron chi connectivity index (χ4n) is 2.34. The third-order valence-electron chi connectivity index (χ3n) is 3.57. The van der Waals surface area contributed by atoms with E-state index < -0.39 is 4.92 Å². The Bertz CT molecular complexity index is 926. The molecule has 0 saturated heterocycles. The highest BCUT2D eigenvalue weighted by molar-refractivity contribution is 6.00. The van der Waals surface area contributed by atoms with Crippen molar-refractivity contribution >= 4 is 28.5 Å². The third kappa shape index (κ3) is 2.87. The molecule has 0 radical (unpaired) electrons. The van der Waals surface area contributed by atoms with Gasteiger partial charge in [-0.05, 0) is 24.3 Å². The zero-order valence-electron chi connectivity index (χ0n) is 12.8. The molecule has 0 aliphatic carbocycles. The monoisotopic (exact) mass is 322 g/mol. The van der Waals surface area contributed by atoms with Crippen LogP contribution < -0.4 is 5.01 Å². The largest absolute Gasteiger partial charge is 0.505 e. The van der Waals surface area contributed by atoms with E-state index in [4.69, 9.17) is 0 Å². The molecule has 0 fully saturated rings. The summed E-state index contributed by atoms with van der Waals surface area (Å²) in [6, 6.07) is 13.8. The summed E-state index contributed by atoms with van der Waals surface area (Å²) < 4.78 is 0. The number of rotatable bonds is 4. The van der Waals surface area contributed by atoms with E-state index in [2.05, 4.69) is 10.1 Å². The highest BCUT2D eigenvalue weighted by Crippen LogP contribution is 2.33. The Morgan fingerprint density at radius 1 is 1.25 bits per heavy atom. The lowest BCUT2D eigenvalue weighted by molar-refractivity contribution is -0.383. The molecule has 0 bridgehead atoms. The lowest BCUT2D eigenvalue weighted by Crippen LogP contribution is -2.08. The van der Waals surface area contributed by atoms with E-state index in [1.165, 1.54) is 18.5 Å². The first-order chi connectivity index (χ1) is 11.6. The summed E-state index contributed by atoms with van der Waals surface area (Å²) in [7, 11) is 1.75. The molecule has 0 amide bonds. The first kappa shape index (κ1) is 15.4. The first-order valence-electron chi connectivity index (χ1n) is 7.16. The second kappa shape index (κ2) is 6.33. The predicted molar refractivity (Wildman–Crippen MR) is 92.5 cm³/mol. The van der Waals surface area contributed by atoms with Gasteiger partial charge < -0.3 is 5.11 Å². The molecule has 3 aromatic rings. The zero-order valence-corrected chi connectivity index (χ0v) is 12.8. The standard InChI is InChI=1S/C17H14N4O3/c1-20(13-6-3-2-4-7-13)19-11-12-10-15(21(23)24)14-8-5-9-18-16(14)17(12)22/h2-11,22H,1H3/b19-11+. The molecule has 7 heteroatoms. The SMILES string of the molecule is CN(/N=C/c1cc([N+](=O)[O-])c2cccnc2c1O)c1ccccc1. The van der Waals surface area contributed by atoms with Crippen LogP contribution in [-0.4, -0.2) is 28.3 Å². The number of aromatic nitrogens is 1. The summed E-state index contributed by atoms with van der Waals surface area (Å²) in [5, 5.41) is 27.7. The van der Waals surface area contributed by atoms with Crippen molar-refractivity contribution in [2.24, 2.45) is 5.10 Å². The maximum absolute atomic E-state index is 11.3. The molecule has 24 heavy (non-hydrogen) atoms. The number of fused-ring (bicyclic) bond motifs is 1. The molecule has 1 aromatic heterocycles. The van der Waals surface area contributed by atoms with Crippen LogP contribution in [0.25, 0.3) is 10.9 Å². The van der Waals surface area contributed by atoms with Crippen molar-refractivity contribution in [2.45, 2.75) is 0 Å². The number of nitrogens with zero attached hydrogens (tertiary/aromatic N) is 4. The molecule has 0 aliphatic heterocycles. The Hall–Kier alpha value is -3.48. The number of nitro benzene ring substituents is 1. The van der Waals surface area contributed by atoms with Crippen LogP contribution in [0.2, 0.25) is 0 Å². The van der Waals surface area contributed by atoms with E-state index in [1.807, 2.05) is 30.3 Å². The number of para-hydroxylation sites is 1. The van der Waals surface area contributed by atoms with Crippen LogP contribution in [0.4, 0.5) is 11.4 Å². The molecule has 0 atom stereocenters. The number of hydrazone groups is 1. The number of anilines is 1. The van der Waals surface area contributed by atoms with Crippen molar-refractivity contribution in [3.8, 4) is 5.75 Å². The molecule has 0 spiro atoms. The second-order valence-corrected chi connectivity index (χ2v) is 5.09. The molecular formula is C17H14N4O3. The topological polar surface area (TPSA) is 91.9 Å². The zero-order chi connectivity index (χ0) is 17.1. The van der Waals surface area contributed by atoms with Crippen LogP contribution in [-0.2, 0) is 0 Å². The normalized spacial score (nSPS) is 11.0. The summed E-state index contributed by atoms with van der Waals surface area (Å²) in [4.78, 5) is 14.8. The van der Waals surface area contributed by atoms with Gasteiger partial charge in [-0.2, -0.15) is 5.10 Å².